The SMILES string of the molecule is Cc1cc(C)c(C2C(N)CCC(=O)N2CC(C)C)cc1C. The van der Waals surface area contributed by atoms with Crippen molar-refractivity contribution in [3.63, 3.8) is 0 Å². The molecule has 0 radical (unpaired) electrons. The lowest BCUT2D eigenvalue weighted by molar-refractivity contribution is -0.138. The van der Waals surface area contributed by atoms with E-state index in [1.54, 1.807) is 0 Å². The molecule has 0 aromatic heterocycles. The number of nitrogens with two attached hydrogens (primary N) is 1. The topological polar surface area (TPSA) is 46.3 Å². The summed E-state index contributed by atoms with van der Waals surface area (Å²) in [4.78, 5) is 14.4. The molecule has 1 aliphatic rings. The molecule has 1 aromatic rings. The van der Waals surface area contributed by atoms with Crippen LogP contribution >= 0.6 is 0 Å². The lowest BCUT2D eigenvalue weighted by Crippen LogP contribution is -2.50. The summed E-state index contributed by atoms with van der Waals surface area (Å²) in [6.45, 7) is 11.5. The minimum Gasteiger partial charge on any atom is -0.334 e. The van der Waals surface area contributed by atoms with Gasteiger partial charge in [-0.1, -0.05) is 26.0 Å². The van der Waals surface area contributed by atoms with Gasteiger partial charge in [0.1, 0.15) is 0 Å². The lowest BCUT2D eigenvalue weighted by atomic mass is 9.86. The number of piperidine rings is 1. The predicted octanol–water partition coefficient (Wildman–Crippen LogP) is 3.26. The van der Waals surface area contributed by atoms with Crippen LogP contribution in [0.5, 0.6) is 0 Å². The van der Waals surface area contributed by atoms with E-state index in [1.165, 1.54) is 22.3 Å². The second kappa shape index (κ2) is 6.18. The Balaban J connectivity index is 2.45. The minimum absolute atomic E-state index is 0.0212. The molecule has 2 atom stereocenters. The highest BCUT2D eigenvalue weighted by atomic mass is 16.2. The Bertz CT molecular complexity index is 536. The van der Waals surface area contributed by atoms with Gasteiger partial charge >= 0.3 is 0 Å². The summed E-state index contributed by atoms with van der Waals surface area (Å²) in [5.41, 5.74) is 11.4. The molecular formula is C18H28N2O. The number of rotatable bonds is 3. The molecule has 2 rings (SSSR count). The van der Waals surface area contributed by atoms with Crippen LogP contribution in [0, 0.1) is 26.7 Å². The van der Waals surface area contributed by atoms with E-state index in [0.29, 0.717) is 12.3 Å². The van der Waals surface area contributed by atoms with Gasteiger partial charge in [-0.25, -0.2) is 0 Å². The van der Waals surface area contributed by atoms with Gasteiger partial charge in [-0.15, -0.1) is 0 Å². The normalized spacial score (nSPS) is 23.0. The third kappa shape index (κ3) is 3.29. The Morgan fingerprint density at radius 1 is 1.19 bits per heavy atom. The van der Waals surface area contributed by atoms with Gasteiger partial charge in [0.2, 0.25) is 5.91 Å². The summed E-state index contributed by atoms with van der Waals surface area (Å²) < 4.78 is 0. The van der Waals surface area contributed by atoms with Crippen molar-refractivity contribution in [2.75, 3.05) is 6.54 Å². The fraction of sp³-hybridized carbons (Fsp3) is 0.611. The molecule has 3 heteroatoms. The zero-order valence-corrected chi connectivity index (χ0v) is 13.9. The lowest BCUT2D eigenvalue weighted by Gasteiger charge is -2.41. The average Bonchev–Trinajstić information content (AvgIpc) is 2.39. The van der Waals surface area contributed by atoms with Crippen LogP contribution in [0.4, 0.5) is 0 Å². The molecule has 0 bridgehead atoms. The van der Waals surface area contributed by atoms with Crippen LogP contribution in [0.25, 0.3) is 0 Å². The van der Waals surface area contributed by atoms with E-state index < -0.39 is 0 Å². The van der Waals surface area contributed by atoms with E-state index >= 15 is 0 Å². The molecule has 1 heterocycles. The summed E-state index contributed by atoms with van der Waals surface area (Å²) in [5, 5.41) is 0. The minimum atomic E-state index is 0.0212. The number of likely N-dealkylation sites (tertiary alicyclic amines) is 1. The Kier molecular flexibility index (Phi) is 4.72. The number of hydrogen-bond donors (Lipinski definition) is 1. The molecule has 1 aromatic carbocycles. The molecule has 1 fully saturated rings. The molecule has 116 valence electrons. The van der Waals surface area contributed by atoms with E-state index in [9.17, 15) is 4.79 Å². The summed E-state index contributed by atoms with van der Waals surface area (Å²) in [7, 11) is 0. The number of aryl methyl sites for hydroxylation is 3. The summed E-state index contributed by atoms with van der Waals surface area (Å²) >= 11 is 0. The van der Waals surface area contributed by atoms with Crippen molar-refractivity contribution in [3.8, 4) is 0 Å². The van der Waals surface area contributed by atoms with Crippen LogP contribution in [0.2, 0.25) is 0 Å². The molecule has 21 heavy (non-hydrogen) atoms. The Morgan fingerprint density at radius 2 is 1.81 bits per heavy atom. The second-order valence-electron chi connectivity index (χ2n) is 6.88. The first-order chi connectivity index (χ1) is 9.81. The van der Waals surface area contributed by atoms with Crippen LogP contribution in [0.15, 0.2) is 12.1 Å². The zero-order valence-electron chi connectivity index (χ0n) is 13.9. The smallest absolute Gasteiger partial charge is 0.223 e. The number of hydrogen-bond acceptors (Lipinski definition) is 2. The zero-order chi connectivity index (χ0) is 15.7. The number of carbonyl (C=O) groups is 1. The van der Waals surface area contributed by atoms with Gasteiger partial charge in [0.15, 0.2) is 0 Å². The quantitative estimate of drug-likeness (QED) is 0.928. The van der Waals surface area contributed by atoms with E-state index in [2.05, 4.69) is 46.8 Å². The number of benzene rings is 1. The average molecular weight is 288 g/mol. The number of nitrogens with zero attached hydrogens (tertiary/aromatic N) is 1. The third-order valence-corrected chi connectivity index (χ3v) is 4.52. The van der Waals surface area contributed by atoms with Crippen LogP contribution in [0.3, 0.4) is 0 Å². The molecule has 0 aliphatic carbocycles. The second-order valence-corrected chi connectivity index (χ2v) is 6.88. The third-order valence-electron chi connectivity index (χ3n) is 4.52. The van der Waals surface area contributed by atoms with Crippen LogP contribution in [0.1, 0.15) is 55.0 Å². The maximum absolute atomic E-state index is 12.4. The first kappa shape index (κ1) is 16.0. The van der Waals surface area contributed by atoms with Crippen molar-refractivity contribution in [1.82, 2.24) is 4.90 Å². The highest BCUT2D eigenvalue weighted by Crippen LogP contribution is 2.34. The molecule has 3 nitrogen and oxygen atoms in total. The Hall–Kier alpha value is -1.35. The fourth-order valence-corrected chi connectivity index (χ4v) is 3.29. The van der Waals surface area contributed by atoms with Gasteiger partial charge in [-0.3, -0.25) is 4.79 Å². The first-order valence-electron chi connectivity index (χ1n) is 7.94. The molecule has 0 spiro atoms. The van der Waals surface area contributed by atoms with Crippen molar-refractivity contribution in [1.29, 1.82) is 0 Å². The van der Waals surface area contributed by atoms with Gasteiger partial charge in [-0.05, 0) is 55.4 Å². The highest BCUT2D eigenvalue weighted by Gasteiger charge is 2.35. The van der Waals surface area contributed by atoms with Crippen molar-refractivity contribution in [2.45, 2.75) is 59.5 Å². The summed E-state index contributed by atoms with van der Waals surface area (Å²) in [5.74, 6) is 0.696. The summed E-state index contributed by atoms with van der Waals surface area (Å²) in [6.07, 6.45) is 1.36. The van der Waals surface area contributed by atoms with Crippen LogP contribution in [-0.2, 0) is 4.79 Å². The van der Waals surface area contributed by atoms with E-state index in [1.807, 2.05) is 4.90 Å². The largest absolute Gasteiger partial charge is 0.334 e. The van der Waals surface area contributed by atoms with Gasteiger partial charge < -0.3 is 10.6 Å². The molecule has 1 amide bonds. The number of carbonyl (C=O) groups excluding carboxylic acids is 1. The molecule has 0 saturated carbocycles. The number of amides is 1. The van der Waals surface area contributed by atoms with E-state index in [0.717, 1.165) is 13.0 Å². The summed E-state index contributed by atoms with van der Waals surface area (Å²) in [6, 6.07) is 4.49. The highest BCUT2D eigenvalue weighted by molar-refractivity contribution is 5.78. The Morgan fingerprint density at radius 3 is 2.43 bits per heavy atom. The monoisotopic (exact) mass is 288 g/mol. The van der Waals surface area contributed by atoms with Crippen molar-refractivity contribution < 1.29 is 4.79 Å². The first-order valence-corrected chi connectivity index (χ1v) is 7.94. The van der Waals surface area contributed by atoms with Gasteiger partial charge in [0.25, 0.3) is 0 Å². The molecular weight excluding hydrogens is 260 g/mol. The molecule has 1 aliphatic heterocycles. The maximum atomic E-state index is 12.4. The molecule has 1 saturated heterocycles. The Labute approximate surface area is 128 Å². The fourth-order valence-electron chi connectivity index (χ4n) is 3.29. The van der Waals surface area contributed by atoms with Crippen LogP contribution < -0.4 is 5.73 Å². The maximum Gasteiger partial charge on any atom is 0.223 e. The van der Waals surface area contributed by atoms with Crippen LogP contribution in [-0.4, -0.2) is 23.4 Å². The van der Waals surface area contributed by atoms with Gasteiger partial charge in [-0.2, -0.15) is 0 Å². The van der Waals surface area contributed by atoms with Gasteiger partial charge in [0.05, 0.1) is 6.04 Å². The predicted molar refractivity (Wildman–Crippen MR) is 87.2 cm³/mol. The van der Waals surface area contributed by atoms with Crippen molar-refractivity contribution >= 4 is 5.91 Å². The molecule has 2 N–H and O–H groups in total. The standard InChI is InChI=1S/C18H28N2O/c1-11(2)10-20-17(21)7-6-16(19)18(20)15-9-13(4)12(3)8-14(15)5/h8-9,11,16,18H,6-7,10,19H2,1-5H3. The van der Waals surface area contributed by atoms with Crippen molar-refractivity contribution in [2.24, 2.45) is 11.7 Å². The van der Waals surface area contributed by atoms with Crippen molar-refractivity contribution in [3.05, 3.63) is 34.4 Å². The molecule has 2 unspecified atom stereocenters. The van der Waals surface area contributed by atoms with E-state index in [4.69, 9.17) is 5.73 Å². The van der Waals surface area contributed by atoms with E-state index in [-0.39, 0.29) is 18.0 Å². The van der Waals surface area contributed by atoms with Gasteiger partial charge in [0, 0.05) is 19.0 Å².